The summed E-state index contributed by atoms with van der Waals surface area (Å²) in [5, 5.41) is 3.06. The van der Waals surface area contributed by atoms with Crippen LogP contribution in [0.4, 0.5) is 0 Å². The van der Waals surface area contributed by atoms with Gasteiger partial charge in [0.2, 0.25) is 5.91 Å². The number of carbonyl (C=O) groups is 1. The highest BCUT2D eigenvalue weighted by molar-refractivity contribution is 5.92. The van der Waals surface area contributed by atoms with Crippen LogP contribution in [0.15, 0.2) is 41.0 Å². The highest BCUT2D eigenvalue weighted by Crippen LogP contribution is 2.31. The quantitative estimate of drug-likeness (QED) is 0.753. The average Bonchev–Trinajstić information content (AvgIpc) is 3.12. The van der Waals surface area contributed by atoms with Gasteiger partial charge >= 0.3 is 0 Å². The summed E-state index contributed by atoms with van der Waals surface area (Å²) in [4.78, 5) is 12.3. The normalized spacial score (nSPS) is 16.3. The van der Waals surface area contributed by atoms with E-state index in [1.54, 1.807) is 18.4 Å². The lowest BCUT2D eigenvalue weighted by molar-refractivity contribution is -0.117. The van der Waals surface area contributed by atoms with E-state index in [0.717, 1.165) is 36.1 Å². The molecule has 1 N–H and O–H groups in total. The molecule has 0 radical (unpaired) electrons. The number of benzene rings is 1. The molecule has 0 bridgehead atoms. The number of hydrogen-bond donors (Lipinski definition) is 1. The average molecular weight is 355 g/mol. The van der Waals surface area contributed by atoms with Crippen LogP contribution < -0.4 is 14.8 Å². The van der Waals surface area contributed by atoms with Crippen molar-refractivity contribution in [3.8, 4) is 11.5 Å². The van der Waals surface area contributed by atoms with Gasteiger partial charge in [-0.3, -0.25) is 4.79 Å². The molecule has 0 saturated carbocycles. The van der Waals surface area contributed by atoms with E-state index >= 15 is 0 Å². The van der Waals surface area contributed by atoms with E-state index in [9.17, 15) is 4.79 Å². The van der Waals surface area contributed by atoms with Gasteiger partial charge in [0.25, 0.3) is 0 Å². The van der Waals surface area contributed by atoms with Crippen molar-refractivity contribution in [2.45, 2.75) is 39.2 Å². The molecule has 0 fully saturated rings. The Labute approximate surface area is 154 Å². The topological polar surface area (TPSA) is 60.7 Å². The third-order valence-corrected chi connectivity index (χ3v) is 4.36. The number of amides is 1. The van der Waals surface area contributed by atoms with Gasteiger partial charge in [0.1, 0.15) is 5.76 Å². The second-order valence-corrected chi connectivity index (χ2v) is 6.16. The van der Waals surface area contributed by atoms with Crippen LogP contribution in [0.1, 0.15) is 49.6 Å². The lowest BCUT2D eigenvalue weighted by Gasteiger charge is -2.22. The Bertz CT molecular complexity index is 778. The molecule has 0 saturated heterocycles. The molecule has 1 atom stereocenters. The van der Waals surface area contributed by atoms with Crippen molar-refractivity contribution in [1.29, 1.82) is 0 Å². The van der Waals surface area contributed by atoms with Crippen molar-refractivity contribution in [1.82, 2.24) is 5.32 Å². The van der Waals surface area contributed by atoms with Crippen LogP contribution in [0.3, 0.4) is 0 Å². The minimum Gasteiger partial charge on any atom is -0.490 e. The zero-order valence-corrected chi connectivity index (χ0v) is 15.3. The Morgan fingerprint density at radius 2 is 2.04 bits per heavy atom. The predicted octanol–water partition coefficient (Wildman–Crippen LogP) is 4.28. The SMILES string of the molecule is CCOc1ccc(/C=C/C(=O)NC2CCCc3occc32)cc1OCC. The monoisotopic (exact) mass is 355 g/mol. The maximum absolute atomic E-state index is 12.3. The van der Waals surface area contributed by atoms with Crippen LogP contribution in [0.5, 0.6) is 11.5 Å². The van der Waals surface area contributed by atoms with Crippen LogP contribution >= 0.6 is 0 Å². The van der Waals surface area contributed by atoms with Crippen molar-refractivity contribution in [2.24, 2.45) is 0 Å². The zero-order chi connectivity index (χ0) is 18.4. The minimum absolute atomic E-state index is 0.0222. The van der Waals surface area contributed by atoms with Crippen molar-refractivity contribution >= 4 is 12.0 Å². The van der Waals surface area contributed by atoms with Crippen molar-refractivity contribution in [2.75, 3.05) is 13.2 Å². The van der Waals surface area contributed by atoms with E-state index in [1.807, 2.05) is 38.1 Å². The Hall–Kier alpha value is -2.69. The molecule has 26 heavy (non-hydrogen) atoms. The summed E-state index contributed by atoms with van der Waals surface area (Å²) in [6, 6.07) is 7.63. The molecule has 1 aromatic carbocycles. The fraction of sp³-hybridized carbons (Fsp3) is 0.381. The number of furan rings is 1. The van der Waals surface area contributed by atoms with Gasteiger partial charge in [-0.15, -0.1) is 0 Å². The lowest BCUT2D eigenvalue weighted by atomic mass is 9.93. The lowest BCUT2D eigenvalue weighted by Crippen LogP contribution is -2.29. The molecule has 138 valence electrons. The fourth-order valence-electron chi connectivity index (χ4n) is 3.20. The van der Waals surface area contributed by atoms with Crippen LogP contribution in [0.25, 0.3) is 6.08 Å². The summed E-state index contributed by atoms with van der Waals surface area (Å²) in [7, 11) is 0. The van der Waals surface area contributed by atoms with E-state index < -0.39 is 0 Å². The van der Waals surface area contributed by atoms with E-state index in [4.69, 9.17) is 13.9 Å². The van der Waals surface area contributed by atoms with Crippen LogP contribution in [0, 0.1) is 0 Å². The number of aryl methyl sites for hydroxylation is 1. The van der Waals surface area contributed by atoms with Gasteiger partial charge < -0.3 is 19.2 Å². The summed E-state index contributed by atoms with van der Waals surface area (Å²) in [5.74, 6) is 2.27. The van der Waals surface area contributed by atoms with Crippen molar-refractivity contribution in [3.63, 3.8) is 0 Å². The molecule has 1 aromatic heterocycles. The van der Waals surface area contributed by atoms with Gasteiger partial charge in [-0.25, -0.2) is 0 Å². The summed E-state index contributed by atoms with van der Waals surface area (Å²) in [5.41, 5.74) is 1.98. The molecule has 1 aliphatic carbocycles. The van der Waals surface area contributed by atoms with E-state index in [-0.39, 0.29) is 11.9 Å². The van der Waals surface area contributed by atoms with Crippen LogP contribution in [-0.2, 0) is 11.2 Å². The van der Waals surface area contributed by atoms with Crippen LogP contribution in [0.2, 0.25) is 0 Å². The highest BCUT2D eigenvalue weighted by Gasteiger charge is 2.23. The largest absolute Gasteiger partial charge is 0.490 e. The van der Waals surface area contributed by atoms with Gasteiger partial charge in [-0.1, -0.05) is 6.07 Å². The molecule has 5 nitrogen and oxygen atoms in total. The number of hydrogen-bond acceptors (Lipinski definition) is 4. The Morgan fingerprint density at radius 3 is 2.85 bits per heavy atom. The summed E-state index contributed by atoms with van der Waals surface area (Å²) >= 11 is 0. The number of ether oxygens (including phenoxy) is 2. The molecule has 1 amide bonds. The molecule has 2 aromatic rings. The van der Waals surface area contributed by atoms with E-state index in [2.05, 4.69) is 5.32 Å². The molecule has 1 aliphatic rings. The van der Waals surface area contributed by atoms with E-state index in [1.165, 1.54) is 0 Å². The van der Waals surface area contributed by atoms with Gasteiger partial charge in [0.05, 0.1) is 25.5 Å². The fourth-order valence-corrected chi connectivity index (χ4v) is 3.20. The number of nitrogens with one attached hydrogen (secondary N) is 1. The van der Waals surface area contributed by atoms with Gasteiger partial charge in [-0.2, -0.15) is 0 Å². The molecular weight excluding hydrogens is 330 g/mol. The zero-order valence-electron chi connectivity index (χ0n) is 15.3. The smallest absolute Gasteiger partial charge is 0.244 e. The molecular formula is C21H25NO4. The van der Waals surface area contributed by atoms with Crippen molar-refractivity contribution in [3.05, 3.63) is 53.5 Å². The second-order valence-electron chi connectivity index (χ2n) is 6.16. The number of rotatable bonds is 7. The molecule has 1 unspecified atom stereocenters. The van der Waals surface area contributed by atoms with Gasteiger partial charge in [0, 0.05) is 18.1 Å². The minimum atomic E-state index is -0.115. The second kappa shape index (κ2) is 8.61. The standard InChI is InChI=1S/C21H25NO4/c1-3-24-19-10-8-15(14-20(19)25-4-2)9-11-21(23)22-17-6-5-7-18-16(17)12-13-26-18/h8-14,17H,3-7H2,1-2H3,(H,22,23)/b11-9+. The molecule has 1 heterocycles. The summed E-state index contributed by atoms with van der Waals surface area (Å²) < 4.78 is 16.6. The first-order valence-electron chi connectivity index (χ1n) is 9.15. The van der Waals surface area contributed by atoms with Gasteiger partial charge in [0.15, 0.2) is 11.5 Å². The van der Waals surface area contributed by atoms with Gasteiger partial charge in [-0.05, 0) is 56.5 Å². The third-order valence-electron chi connectivity index (χ3n) is 4.36. The summed E-state index contributed by atoms with van der Waals surface area (Å²) in [6.45, 7) is 5.00. The first-order chi connectivity index (χ1) is 12.7. The summed E-state index contributed by atoms with van der Waals surface area (Å²) in [6.07, 6.45) is 7.93. The van der Waals surface area contributed by atoms with Crippen LogP contribution in [-0.4, -0.2) is 19.1 Å². The molecule has 5 heteroatoms. The maximum atomic E-state index is 12.3. The molecule has 0 aliphatic heterocycles. The Kier molecular flexibility index (Phi) is 6.00. The predicted molar refractivity (Wildman–Crippen MR) is 100 cm³/mol. The number of fused-ring (bicyclic) bond motifs is 1. The maximum Gasteiger partial charge on any atom is 0.244 e. The Morgan fingerprint density at radius 1 is 1.23 bits per heavy atom. The third kappa shape index (κ3) is 4.28. The molecule has 0 spiro atoms. The van der Waals surface area contributed by atoms with E-state index in [0.29, 0.717) is 24.7 Å². The first kappa shape index (κ1) is 18.1. The Balaban J connectivity index is 1.66. The molecule has 3 rings (SSSR count). The highest BCUT2D eigenvalue weighted by atomic mass is 16.5. The first-order valence-corrected chi connectivity index (χ1v) is 9.15. The number of carbonyl (C=O) groups excluding carboxylic acids is 1. The van der Waals surface area contributed by atoms with Crippen molar-refractivity contribution < 1.29 is 18.7 Å².